The Morgan fingerprint density at radius 2 is 1.91 bits per heavy atom. The summed E-state index contributed by atoms with van der Waals surface area (Å²) in [5.41, 5.74) is 1.04. The van der Waals surface area contributed by atoms with Crippen LogP contribution in [0.5, 0.6) is 0 Å². The first-order chi connectivity index (χ1) is 16.5. The van der Waals surface area contributed by atoms with Crippen LogP contribution in [-0.2, 0) is 9.59 Å². The zero-order valence-corrected chi connectivity index (χ0v) is 19.2. The number of amides is 3. The highest BCUT2D eigenvalue weighted by Gasteiger charge is 2.34. The Kier molecular flexibility index (Phi) is 6.19. The van der Waals surface area contributed by atoms with Gasteiger partial charge in [-0.15, -0.1) is 0 Å². The molecule has 2 aliphatic rings. The van der Waals surface area contributed by atoms with E-state index in [2.05, 4.69) is 20.6 Å². The molecule has 0 aromatic carbocycles. The lowest BCUT2D eigenvalue weighted by Gasteiger charge is -2.34. The summed E-state index contributed by atoms with van der Waals surface area (Å²) in [7, 11) is 0. The van der Waals surface area contributed by atoms with Crippen molar-refractivity contribution in [3.05, 3.63) is 47.4 Å². The van der Waals surface area contributed by atoms with Crippen LogP contribution in [0.4, 0.5) is 11.5 Å². The summed E-state index contributed by atoms with van der Waals surface area (Å²) in [4.78, 5) is 48.5. The predicted octanol–water partition coefficient (Wildman–Crippen LogP) is 4.25. The highest BCUT2D eigenvalue weighted by atomic mass is 35.5. The lowest BCUT2D eigenvalue weighted by atomic mass is 9.84. The second-order valence-corrected chi connectivity index (χ2v) is 9.09. The van der Waals surface area contributed by atoms with Gasteiger partial charge in [0, 0.05) is 37.3 Å². The molecule has 1 aliphatic carbocycles. The number of nitrogens with zero attached hydrogens (tertiary/aromatic N) is 3. The Morgan fingerprint density at radius 3 is 2.62 bits per heavy atom. The number of carbonyl (C=O) groups excluding carboxylic acids is 3. The fraction of sp³-hybridized carbons (Fsp3) is 0.375. The largest absolute Gasteiger partial charge is 0.447 e. The Bertz CT molecular complexity index is 1230. The quantitative estimate of drug-likeness (QED) is 0.562. The van der Waals surface area contributed by atoms with Crippen LogP contribution in [0.3, 0.4) is 0 Å². The number of anilines is 2. The van der Waals surface area contributed by atoms with E-state index < -0.39 is 5.91 Å². The Labute approximate surface area is 200 Å². The van der Waals surface area contributed by atoms with E-state index in [9.17, 15) is 14.4 Å². The van der Waals surface area contributed by atoms with Gasteiger partial charge in [-0.2, -0.15) is 0 Å². The number of rotatable bonds is 5. The molecule has 0 atom stereocenters. The molecule has 4 heterocycles. The van der Waals surface area contributed by atoms with Gasteiger partial charge in [0.2, 0.25) is 17.6 Å². The minimum absolute atomic E-state index is 0.0462. The topological polar surface area (TPSA) is 117 Å². The standard InChI is InChI=1S/C24H24ClN5O4/c25-15-7-10-18(27-13-15)28-24(33)22-21(20-17(34-22)3-1-11-26-20)29-23(32)14-5-8-16(9-6-14)30-12-2-4-19(30)31/h1,3,7,10-11,13-14,16H,2,4-6,8-9,12H2,(H,29,32)(H,27,28,33)/t14-,16-. The van der Waals surface area contributed by atoms with Crippen molar-refractivity contribution in [3.8, 4) is 0 Å². The van der Waals surface area contributed by atoms with Gasteiger partial charge in [0.25, 0.3) is 5.91 Å². The smallest absolute Gasteiger partial charge is 0.294 e. The number of furan rings is 1. The molecule has 3 aromatic rings. The van der Waals surface area contributed by atoms with E-state index in [1.807, 2.05) is 4.90 Å². The monoisotopic (exact) mass is 481 g/mol. The molecule has 176 valence electrons. The molecule has 34 heavy (non-hydrogen) atoms. The first-order valence-electron chi connectivity index (χ1n) is 11.4. The average molecular weight is 482 g/mol. The molecule has 3 amide bonds. The van der Waals surface area contributed by atoms with Crippen LogP contribution < -0.4 is 10.6 Å². The van der Waals surface area contributed by atoms with Crippen LogP contribution in [0.15, 0.2) is 41.1 Å². The number of aromatic nitrogens is 2. The van der Waals surface area contributed by atoms with Gasteiger partial charge in [0.15, 0.2) is 5.58 Å². The summed E-state index contributed by atoms with van der Waals surface area (Å²) >= 11 is 5.86. The molecule has 10 heteroatoms. The van der Waals surface area contributed by atoms with Crippen molar-refractivity contribution in [1.29, 1.82) is 0 Å². The molecule has 5 rings (SSSR count). The Balaban J connectivity index is 1.32. The zero-order valence-electron chi connectivity index (χ0n) is 18.4. The molecule has 2 fully saturated rings. The minimum Gasteiger partial charge on any atom is -0.447 e. The second-order valence-electron chi connectivity index (χ2n) is 8.66. The molecule has 0 unspecified atom stereocenters. The predicted molar refractivity (Wildman–Crippen MR) is 127 cm³/mol. The molecule has 0 radical (unpaired) electrons. The third-order valence-electron chi connectivity index (χ3n) is 6.49. The third-order valence-corrected chi connectivity index (χ3v) is 6.71. The summed E-state index contributed by atoms with van der Waals surface area (Å²) < 4.78 is 5.75. The summed E-state index contributed by atoms with van der Waals surface area (Å²) in [6.07, 6.45) is 7.49. The van der Waals surface area contributed by atoms with Gasteiger partial charge in [-0.1, -0.05) is 11.6 Å². The second kappa shape index (κ2) is 9.42. The zero-order chi connectivity index (χ0) is 23.7. The first-order valence-corrected chi connectivity index (χ1v) is 11.8. The first kappa shape index (κ1) is 22.3. The number of pyridine rings is 2. The lowest BCUT2D eigenvalue weighted by Crippen LogP contribution is -2.40. The van der Waals surface area contributed by atoms with Gasteiger partial charge in [-0.3, -0.25) is 19.4 Å². The number of hydrogen-bond donors (Lipinski definition) is 2. The fourth-order valence-electron chi connectivity index (χ4n) is 4.76. The molecule has 1 saturated carbocycles. The van der Waals surface area contributed by atoms with Gasteiger partial charge in [0.1, 0.15) is 17.0 Å². The molecule has 0 spiro atoms. The van der Waals surface area contributed by atoms with Crippen LogP contribution >= 0.6 is 11.6 Å². The summed E-state index contributed by atoms with van der Waals surface area (Å²) in [6.45, 7) is 0.813. The highest BCUT2D eigenvalue weighted by molar-refractivity contribution is 6.30. The van der Waals surface area contributed by atoms with E-state index in [-0.39, 0.29) is 35.2 Å². The number of fused-ring (bicyclic) bond motifs is 1. The number of likely N-dealkylation sites (tertiary alicyclic amines) is 1. The van der Waals surface area contributed by atoms with E-state index in [1.54, 1.807) is 30.5 Å². The Hall–Kier alpha value is -3.46. The molecule has 2 N–H and O–H groups in total. The van der Waals surface area contributed by atoms with Crippen LogP contribution in [-0.4, -0.2) is 45.2 Å². The minimum atomic E-state index is -0.556. The SMILES string of the molecule is O=C(Nc1ccc(Cl)cn1)c1oc2cccnc2c1NC(=O)[C@H]1CC[C@H](N2CCCC2=O)CC1. The van der Waals surface area contributed by atoms with Gasteiger partial charge < -0.3 is 20.0 Å². The molecule has 0 bridgehead atoms. The Morgan fingerprint density at radius 1 is 1.09 bits per heavy atom. The molecular formula is C24H24ClN5O4. The summed E-state index contributed by atoms with van der Waals surface area (Å²) in [6, 6.07) is 6.78. The highest BCUT2D eigenvalue weighted by Crippen LogP contribution is 2.34. The maximum atomic E-state index is 13.2. The van der Waals surface area contributed by atoms with E-state index in [1.165, 1.54) is 6.20 Å². The fourth-order valence-corrected chi connectivity index (χ4v) is 4.87. The van der Waals surface area contributed by atoms with Crippen molar-refractivity contribution >= 4 is 51.9 Å². The van der Waals surface area contributed by atoms with Crippen molar-refractivity contribution in [2.45, 2.75) is 44.6 Å². The average Bonchev–Trinajstić information content (AvgIpc) is 3.44. The van der Waals surface area contributed by atoms with Gasteiger partial charge in [-0.25, -0.2) is 4.98 Å². The number of nitrogens with one attached hydrogen (secondary N) is 2. The summed E-state index contributed by atoms with van der Waals surface area (Å²) in [5.74, 6) is -0.478. The summed E-state index contributed by atoms with van der Waals surface area (Å²) in [5, 5.41) is 6.00. The van der Waals surface area contributed by atoms with E-state index in [4.69, 9.17) is 16.0 Å². The van der Waals surface area contributed by atoms with Crippen LogP contribution in [0, 0.1) is 5.92 Å². The third kappa shape index (κ3) is 4.48. The van der Waals surface area contributed by atoms with Crippen molar-refractivity contribution in [1.82, 2.24) is 14.9 Å². The molecular weight excluding hydrogens is 458 g/mol. The van der Waals surface area contributed by atoms with Gasteiger partial charge in [-0.05, 0) is 56.4 Å². The van der Waals surface area contributed by atoms with E-state index in [0.29, 0.717) is 41.2 Å². The van der Waals surface area contributed by atoms with Crippen molar-refractivity contribution in [3.63, 3.8) is 0 Å². The normalized spacial score (nSPS) is 20.5. The molecule has 1 saturated heterocycles. The number of carbonyl (C=O) groups is 3. The van der Waals surface area contributed by atoms with Crippen molar-refractivity contribution in [2.75, 3.05) is 17.2 Å². The lowest BCUT2D eigenvalue weighted by molar-refractivity contribution is -0.130. The molecule has 1 aliphatic heterocycles. The number of halogens is 1. The van der Waals surface area contributed by atoms with E-state index in [0.717, 1.165) is 25.8 Å². The molecule has 9 nitrogen and oxygen atoms in total. The number of hydrogen-bond acceptors (Lipinski definition) is 6. The van der Waals surface area contributed by atoms with Gasteiger partial charge >= 0.3 is 0 Å². The molecule has 3 aromatic heterocycles. The van der Waals surface area contributed by atoms with E-state index >= 15 is 0 Å². The van der Waals surface area contributed by atoms with Crippen LogP contribution in [0.1, 0.15) is 49.1 Å². The maximum absolute atomic E-state index is 13.2. The maximum Gasteiger partial charge on any atom is 0.294 e. The van der Waals surface area contributed by atoms with Crippen LogP contribution in [0.25, 0.3) is 11.1 Å². The van der Waals surface area contributed by atoms with Crippen LogP contribution in [0.2, 0.25) is 5.02 Å². The van der Waals surface area contributed by atoms with Gasteiger partial charge in [0.05, 0.1) is 5.02 Å². The van der Waals surface area contributed by atoms with Crippen molar-refractivity contribution in [2.24, 2.45) is 5.92 Å². The van der Waals surface area contributed by atoms with Crippen molar-refractivity contribution < 1.29 is 18.8 Å².